The van der Waals surface area contributed by atoms with E-state index in [1.807, 2.05) is 0 Å². The van der Waals surface area contributed by atoms with E-state index in [-0.39, 0.29) is 37.6 Å². The number of hydrogen-bond donors (Lipinski definition) is 4. The van der Waals surface area contributed by atoms with Gasteiger partial charge in [0.25, 0.3) is 0 Å². The Hall–Kier alpha value is 1.18. The van der Waals surface area contributed by atoms with Crippen molar-refractivity contribution in [2.24, 2.45) is 0 Å². The maximum absolute atomic E-state index is 8.74. The fourth-order valence-electron chi connectivity index (χ4n) is 0. The predicted octanol–water partition coefficient (Wildman–Crippen LogP) is -3.63. The Labute approximate surface area is 88.6 Å². The van der Waals surface area contributed by atoms with E-state index in [1.165, 1.54) is 0 Å². The second-order valence-electron chi connectivity index (χ2n) is 0.895. The second-order valence-corrected chi connectivity index (χ2v) is 2.24. The molecule has 0 amide bonds. The van der Waals surface area contributed by atoms with Crippen LogP contribution in [-0.2, 0) is 10.4 Å². The predicted molar refractivity (Wildman–Crippen MR) is 36.2 cm³/mol. The van der Waals surface area contributed by atoms with E-state index in [2.05, 4.69) is 12.6 Å². The standard InChI is InChI=1S/C2H6OS.Na.H2O4S.H/c3-1-2-4;;1-5(2,3)4;/h3-4H,1-2H2;;(H2,1,2,3,4);/q;+1;;-1. The van der Waals surface area contributed by atoms with E-state index >= 15 is 0 Å². The van der Waals surface area contributed by atoms with Crippen LogP contribution in [0.15, 0.2) is 0 Å². The van der Waals surface area contributed by atoms with Gasteiger partial charge in [0.05, 0.1) is 6.61 Å². The number of thiol groups is 1. The molecule has 0 fully saturated rings. The van der Waals surface area contributed by atoms with Crippen molar-refractivity contribution in [2.45, 2.75) is 0 Å². The summed E-state index contributed by atoms with van der Waals surface area (Å²) in [4.78, 5) is 0. The molecular formula is C2H9NaO5S2. The molecule has 0 aromatic rings. The molecule has 0 bridgehead atoms. The van der Waals surface area contributed by atoms with Crippen molar-refractivity contribution in [3.8, 4) is 0 Å². The second kappa shape index (κ2) is 10.2. The molecule has 0 aliphatic rings. The molecule has 0 spiro atoms. The number of aliphatic hydroxyl groups excluding tert-OH is 1. The van der Waals surface area contributed by atoms with Crippen LogP contribution >= 0.6 is 12.6 Å². The van der Waals surface area contributed by atoms with Gasteiger partial charge in [0.1, 0.15) is 0 Å². The molecule has 0 aliphatic heterocycles. The number of aliphatic hydroxyl groups is 1. The zero-order valence-electron chi connectivity index (χ0n) is 6.43. The molecule has 8 heteroatoms. The Morgan fingerprint density at radius 1 is 1.40 bits per heavy atom. The van der Waals surface area contributed by atoms with Crippen LogP contribution in [0.4, 0.5) is 0 Å². The molecule has 0 atom stereocenters. The summed E-state index contributed by atoms with van der Waals surface area (Å²) in [6.45, 7) is 0.184. The molecule has 0 saturated carbocycles. The quantitative estimate of drug-likeness (QED) is 0.199. The molecule has 0 unspecified atom stereocenters. The first kappa shape index (κ1) is 17.3. The third-order valence-electron chi connectivity index (χ3n) is 0.1000. The van der Waals surface area contributed by atoms with Crippen LogP contribution in [0, 0.1) is 0 Å². The molecule has 5 nitrogen and oxygen atoms in total. The van der Waals surface area contributed by atoms with Crippen LogP contribution < -0.4 is 29.6 Å². The van der Waals surface area contributed by atoms with E-state index in [0.717, 1.165) is 0 Å². The molecule has 10 heavy (non-hydrogen) atoms. The molecule has 3 N–H and O–H groups in total. The maximum atomic E-state index is 8.74. The van der Waals surface area contributed by atoms with Crippen molar-refractivity contribution in [3.63, 3.8) is 0 Å². The minimum absolute atomic E-state index is 0. The van der Waals surface area contributed by atoms with Crippen LogP contribution in [0.25, 0.3) is 0 Å². The van der Waals surface area contributed by atoms with Crippen LogP contribution in [0.5, 0.6) is 0 Å². The number of hydrogen-bond acceptors (Lipinski definition) is 4. The third kappa shape index (κ3) is 129. The van der Waals surface area contributed by atoms with Gasteiger partial charge in [-0.2, -0.15) is 21.0 Å². The zero-order chi connectivity index (χ0) is 7.91. The van der Waals surface area contributed by atoms with Gasteiger partial charge in [-0.1, -0.05) is 0 Å². The molecular weight excluding hydrogens is 191 g/mol. The molecule has 0 radical (unpaired) electrons. The van der Waals surface area contributed by atoms with E-state index in [9.17, 15) is 0 Å². The summed E-state index contributed by atoms with van der Waals surface area (Å²) in [5, 5.41) is 7.80. The largest absolute Gasteiger partial charge is 1.00 e. The molecule has 60 valence electrons. The Morgan fingerprint density at radius 3 is 1.50 bits per heavy atom. The van der Waals surface area contributed by atoms with Gasteiger partial charge >= 0.3 is 40.0 Å². The van der Waals surface area contributed by atoms with Gasteiger partial charge in [-0.25, -0.2) is 0 Å². The first-order chi connectivity index (χ1) is 3.91. The summed E-state index contributed by atoms with van der Waals surface area (Å²) in [5.74, 6) is 0.569. The van der Waals surface area contributed by atoms with Gasteiger partial charge in [0.15, 0.2) is 0 Å². The average Bonchev–Trinajstić information content (AvgIpc) is 1.61. The van der Waals surface area contributed by atoms with Crippen molar-refractivity contribution in [2.75, 3.05) is 12.4 Å². The first-order valence-corrected chi connectivity index (χ1v) is 3.86. The van der Waals surface area contributed by atoms with Crippen molar-refractivity contribution < 1.29 is 53.6 Å². The minimum Gasteiger partial charge on any atom is -1.00 e. The monoisotopic (exact) mass is 200 g/mol. The summed E-state index contributed by atoms with van der Waals surface area (Å²) in [7, 11) is -4.67. The third-order valence-corrected chi connectivity index (χ3v) is 0.300. The Kier molecular flexibility index (Phi) is 17.6. The van der Waals surface area contributed by atoms with Gasteiger partial charge in [-0.15, -0.1) is 0 Å². The number of rotatable bonds is 1. The summed E-state index contributed by atoms with van der Waals surface area (Å²) in [6.07, 6.45) is 0. The van der Waals surface area contributed by atoms with Gasteiger partial charge in [-0.05, 0) is 0 Å². The Balaban J connectivity index is -0.0000000383. The van der Waals surface area contributed by atoms with Crippen LogP contribution in [0.2, 0.25) is 0 Å². The summed E-state index contributed by atoms with van der Waals surface area (Å²) in [6, 6.07) is 0. The molecule has 0 aromatic heterocycles. The van der Waals surface area contributed by atoms with E-state index in [4.69, 9.17) is 22.6 Å². The SMILES string of the molecule is O=S(=O)(O)O.OCCS.[H-].[Na+]. The van der Waals surface area contributed by atoms with E-state index in [1.54, 1.807) is 0 Å². The van der Waals surface area contributed by atoms with Crippen LogP contribution in [0.3, 0.4) is 0 Å². The summed E-state index contributed by atoms with van der Waals surface area (Å²) in [5.41, 5.74) is 0. The van der Waals surface area contributed by atoms with E-state index < -0.39 is 10.4 Å². The van der Waals surface area contributed by atoms with Crippen molar-refractivity contribution in [1.29, 1.82) is 0 Å². The zero-order valence-corrected chi connectivity index (χ0v) is 9.14. The summed E-state index contributed by atoms with van der Waals surface area (Å²) < 4.78 is 31.6. The van der Waals surface area contributed by atoms with Crippen molar-refractivity contribution >= 4 is 23.0 Å². The van der Waals surface area contributed by atoms with Gasteiger partial charge < -0.3 is 6.53 Å². The normalized spacial score (nSPS) is 8.80. The summed E-state index contributed by atoms with van der Waals surface area (Å²) >= 11 is 3.67. The fraction of sp³-hybridized carbons (Fsp3) is 1.00. The van der Waals surface area contributed by atoms with Gasteiger partial charge in [-0.3, -0.25) is 9.11 Å². The first-order valence-electron chi connectivity index (χ1n) is 1.83. The molecule has 0 rings (SSSR count). The fourth-order valence-corrected chi connectivity index (χ4v) is 0. The molecule has 0 heterocycles. The van der Waals surface area contributed by atoms with Gasteiger partial charge in [0, 0.05) is 5.75 Å². The van der Waals surface area contributed by atoms with Crippen molar-refractivity contribution in [1.82, 2.24) is 0 Å². The molecule has 0 saturated heterocycles. The van der Waals surface area contributed by atoms with Crippen molar-refractivity contribution in [3.05, 3.63) is 0 Å². The topological polar surface area (TPSA) is 94.8 Å². The smallest absolute Gasteiger partial charge is 1.00 e. The maximum Gasteiger partial charge on any atom is 1.00 e. The van der Waals surface area contributed by atoms with E-state index in [0.29, 0.717) is 5.75 Å². The Bertz CT molecular complexity index is 125. The molecule has 0 aromatic carbocycles. The average molecular weight is 200 g/mol. The minimum atomic E-state index is -4.67. The van der Waals surface area contributed by atoms with Gasteiger partial charge in [0.2, 0.25) is 0 Å². The Morgan fingerprint density at radius 2 is 1.50 bits per heavy atom. The molecule has 0 aliphatic carbocycles. The van der Waals surface area contributed by atoms with Crippen LogP contribution in [-0.4, -0.2) is 35.0 Å². The van der Waals surface area contributed by atoms with Crippen LogP contribution in [0.1, 0.15) is 1.43 Å².